The fraction of sp³-hybridized carbons (Fsp3) is 0.727. The maximum absolute atomic E-state index is 4.34. The van der Waals surface area contributed by atoms with Crippen LogP contribution in [0.2, 0.25) is 0 Å². The lowest BCUT2D eigenvalue weighted by Crippen LogP contribution is -2.09. The lowest BCUT2D eigenvalue weighted by molar-refractivity contribution is 0.481. The van der Waals surface area contributed by atoms with E-state index in [0.717, 1.165) is 0 Å². The Bertz CT molecular complexity index is 250. The second-order valence-electron chi connectivity index (χ2n) is 3.98. The number of aromatic nitrogens is 2. The summed E-state index contributed by atoms with van der Waals surface area (Å²) in [7, 11) is 0. The molecule has 0 saturated carbocycles. The molecule has 2 heteroatoms. The van der Waals surface area contributed by atoms with Crippen LogP contribution in [0.1, 0.15) is 58.2 Å². The molecule has 0 aliphatic heterocycles. The van der Waals surface area contributed by atoms with Crippen LogP contribution in [-0.4, -0.2) is 9.78 Å². The topological polar surface area (TPSA) is 17.8 Å². The van der Waals surface area contributed by atoms with Gasteiger partial charge in [-0.15, -0.1) is 0 Å². The predicted molar refractivity (Wildman–Crippen MR) is 55.9 cm³/mol. The smallest absolute Gasteiger partial charge is 0.0492 e. The molecule has 0 N–H and O–H groups in total. The summed E-state index contributed by atoms with van der Waals surface area (Å²) in [4.78, 5) is 0. The fourth-order valence-corrected chi connectivity index (χ4v) is 1.73. The van der Waals surface area contributed by atoms with Gasteiger partial charge in [-0.1, -0.05) is 20.3 Å². The third-order valence-corrected chi connectivity index (χ3v) is 2.42. The van der Waals surface area contributed by atoms with Gasteiger partial charge >= 0.3 is 0 Å². The second kappa shape index (κ2) is 4.45. The van der Waals surface area contributed by atoms with Crippen molar-refractivity contribution in [1.29, 1.82) is 0 Å². The van der Waals surface area contributed by atoms with Crippen molar-refractivity contribution in [2.24, 2.45) is 0 Å². The SMILES string of the molecule is CCCC(C)c1ccnn1C(C)C. The highest BCUT2D eigenvalue weighted by atomic mass is 15.3. The van der Waals surface area contributed by atoms with Crippen LogP contribution in [0.5, 0.6) is 0 Å². The monoisotopic (exact) mass is 180 g/mol. The summed E-state index contributed by atoms with van der Waals surface area (Å²) in [6.07, 6.45) is 4.39. The predicted octanol–water partition coefficient (Wildman–Crippen LogP) is 3.37. The molecule has 0 fully saturated rings. The Morgan fingerprint density at radius 2 is 2.08 bits per heavy atom. The van der Waals surface area contributed by atoms with Gasteiger partial charge < -0.3 is 0 Å². The van der Waals surface area contributed by atoms with E-state index in [1.165, 1.54) is 18.5 Å². The summed E-state index contributed by atoms with van der Waals surface area (Å²) in [6, 6.07) is 2.62. The molecule has 1 heterocycles. The number of nitrogens with zero attached hydrogens (tertiary/aromatic N) is 2. The molecule has 1 aromatic rings. The summed E-state index contributed by atoms with van der Waals surface area (Å²) in [5.41, 5.74) is 1.37. The fourth-order valence-electron chi connectivity index (χ4n) is 1.73. The zero-order valence-electron chi connectivity index (χ0n) is 9.12. The van der Waals surface area contributed by atoms with Crippen LogP contribution in [0.4, 0.5) is 0 Å². The molecule has 2 nitrogen and oxygen atoms in total. The highest BCUT2D eigenvalue weighted by Crippen LogP contribution is 2.22. The zero-order chi connectivity index (χ0) is 9.84. The van der Waals surface area contributed by atoms with E-state index in [9.17, 15) is 0 Å². The molecule has 13 heavy (non-hydrogen) atoms. The van der Waals surface area contributed by atoms with Crippen LogP contribution in [0.3, 0.4) is 0 Å². The van der Waals surface area contributed by atoms with Gasteiger partial charge in [-0.25, -0.2) is 0 Å². The highest BCUT2D eigenvalue weighted by molar-refractivity contribution is 5.07. The van der Waals surface area contributed by atoms with E-state index >= 15 is 0 Å². The summed E-state index contributed by atoms with van der Waals surface area (Å²) in [5.74, 6) is 0.634. The van der Waals surface area contributed by atoms with Gasteiger partial charge in [0.2, 0.25) is 0 Å². The van der Waals surface area contributed by atoms with Crippen LogP contribution < -0.4 is 0 Å². The lowest BCUT2D eigenvalue weighted by atomic mass is 10.0. The van der Waals surface area contributed by atoms with Crippen molar-refractivity contribution in [3.8, 4) is 0 Å². The minimum absolute atomic E-state index is 0.476. The van der Waals surface area contributed by atoms with Gasteiger partial charge in [-0.05, 0) is 32.3 Å². The Morgan fingerprint density at radius 3 is 2.62 bits per heavy atom. The zero-order valence-corrected chi connectivity index (χ0v) is 9.12. The molecule has 0 spiro atoms. The molecule has 0 aliphatic carbocycles. The average molecular weight is 180 g/mol. The van der Waals surface area contributed by atoms with Crippen LogP contribution >= 0.6 is 0 Å². The van der Waals surface area contributed by atoms with Crippen molar-refractivity contribution in [1.82, 2.24) is 9.78 Å². The molecule has 0 aromatic carbocycles. The third-order valence-electron chi connectivity index (χ3n) is 2.42. The summed E-state index contributed by atoms with van der Waals surface area (Å²) in [6.45, 7) is 8.86. The molecule has 1 aromatic heterocycles. The van der Waals surface area contributed by atoms with E-state index in [1.54, 1.807) is 0 Å². The van der Waals surface area contributed by atoms with Crippen molar-refractivity contribution in [2.45, 2.75) is 52.5 Å². The molecular weight excluding hydrogens is 160 g/mol. The molecule has 1 rings (SSSR count). The first-order chi connectivity index (χ1) is 6.16. The molecule has 74 valence electrons. The van der Waals surface area contributed by atoms with E-state index in [-0.39, 0.29) is 0 Å². The minimum atomic E-state index is 0.476. The summed E-state index contributed by atoms with van der Waals surface area (Å²) < 4.78 is 2.13. The van der Waals surface area contributed by atoms with Crippen LogP contribution in [0.15, 0.2) is 12.3 Å². The number of rotatable bonds is 4. The minimum Gasteiger partial charge on any atom is -0.267 e. The van der Waals surface area contributed by atoms with Gasteiger partial charge in [-0.2, -0.15) is 5.10 Å². The Labute approximate surface area is 81.0 Å². The Hall–Kier alpha value is -0.790. The first-order valence-electron chi connectivity index (χ1n) is 5.20. The molecule has 1 unspecified atom stereocenters. The maximum Gasteiger partial charge on any atom is 0.0492 e. The van der Waals surface area contributed by atoms with Gasteiger partial charge in [-0.3, -0.25) is 4.68 Å². The maximum atomic E-state index is 4.34. The van der Waals surface area contributed by atoms with Gasteiger partial charge in [0.25, 0.3) is 0 Å². The average Bonchev–Trinajstić information content (AvgIpc) is 2.52. The third kappa shape index (κ3) is 2.33. The number of hydrogen-bond donors (Lipinski definition) is 0. The molecule has 0 saturated heterocycles. The van der Waals surface area contributed by atoms with E-state index in [2.05, 4.69) is 43.5 Å². The van der Waals surface area contributed by atoms with Gasteiger partial charge in [0, 0.05) is 17.9 Å². The van der Waals surface area contributed by atoms with Crippen molar-refractivity contribution < 1.29 is 0 Å². The Kier molecular flexibility index (Phi) is 3.52. The van der Waals surface area contributed by atoms with Gasteiger partial charge in [0.15, 0.2) is 0 Å². The second-order valence-corrected chi connectivity index (χ2v) is 3.98. The largest absolute Gasteiger partial charge is 0.267 e. The molecule has 1 atom stereocenters. The highest BCUT2D eigenvalue weighted by Gasteiger charge is 2.11. The standard InChI is InChI=1S/C11H20N2/c1-5-6-10(4)11-7-8-12-13(11)9(2)3/h7-10H,5-6H2,1-4H3. The van der Waals surface area contributed by atoms with Crippen molar-refractivity contribution in [2.75, 3.05) is 0 Å². The first kappa shape index (κ1) is 10.3. The van der Waals surface area contributed by atoms with E-state index in [0.29, 0.717) is 12.0 Å². The molecular formula is C11H20N2. The first-order valence-corrected chi connectivity index (χ1v) is 5.20. The van der Waals surface area contributed by atoms with Gasteiger partial charge in [0.05, 0.1) is 0 Å². The molecule has 0 bridgehead atoms. The van der Waals surface area contributed by atoms with E-state index in [1.807, 2.05) is 6.20 Å². The quantitative estimate of drug-likeness (QED) is 0.694. The van der Waals surface area contributed by atoms with Crippen LogP contribution in [-0.2, 0) is 0 Å². The van der Waals surface area contributed by atoms with E-state index in [4.69, 9.17) is 0 Å². The summed E-state index contributed by atoms with van der Waals surface area (Å²) >= 11 is 0. The number of hydrogen-bond acceptors (Lipinski definition) is 1. The molecule has 0 radical (unpaired) electrons. The van der Waals surface area contributed by atoms with Crippen LogP contribution in [0, 0.1) is 0 Å². The van der Waals surface area contributed by atoms with Crippen molar-refractivity contribution in [3.05, 3.63) is 18.0 Å². The van der Waals surface area contributed by atoms with Crippen LogP contribution in [0.25, 0.3) is 0 Å². The summed E-state index contributed by atoms with van der Waals surface area (Å²) in [5, 5.41) is 4.34. The molecule has 0 amide bonds. The normalized spacial score (nSPS) is 13.6. The Morgan fingerprint density at radius 1 is 1.38 bits per heavy atom. The van der Waals surface area contributed by atoms with Crippen molar-refractivity contribution >= 4 is 0 Å². The van der Waals surface area contributed by atoms with E-state index < -0.39 is 0 Å². The van der Waals surface area contributed by atoms with Gasteiger partial charge in [0.1, 0.15) is 0 Å². The van der Waals surface area contributed by atoms with Crippen molar-refractivity contribution in [3.63, 3.8) is 0 Å². The molecule has 0 aliphatic rings. The lowest BCUT2D eigenvalue weighted by Gasteiger charge is -2.15. The Balaban J connectivity index is 2.80.